The third-order valence-electron chi connectivity index (χ3n) is 3.62. The number of alkyl halides is 1. The highest BCUT2D eigenvalue weighted by Gasteiger charge is 2.26. The molecule has 0 bridgehead atoms. The normalized spacial score (nSPS) is 15.9. The fraction of sp³-hybridized carbons (Fsp3) is 0.533. The van der Waals surface area contributed by atoms with E-state index in [0.29, 0.717) is 18.5 Å². The van der Waals surface area contributed by atoms with Gasteiger partial charge in [-0.05, 0) is 31.9 Å². The third-order valence-corrected chi connectivity index (χ3v) is 3.79. The van der Waals surface area contributed by atoms with Crippen LogP contribution in [0.2, 0.25) is 0 Å². The quantitative estimate of drug-likeness (QED) is 0.762. The molecule has 2 nitrogen and oxygen atoms in total. The van der Waals surface area contributed by atoms with E-state index in [9.17, 15) is 4.79 Å². The number of rotatable bonds is 4. The van der Waals surface area contributed by atoms with Gasteiger partial charge in [0.2, 0.25) is 0 Å². The molecule has 0 unspecified atom stereocenters. The molecule has 2 rings (SSSR count). The Morgan fingerprint density at radius 2 is 2.11 bits per heavy atom. The Balaban J connectivity index is 2.17. The Kier molecular flexibility index (Phi) is 4.65. The van der Waals surface area contributed by atoms with Crippen LogP contribution in [-0.4, -0.2) is 29.3 Å². The Bertz CT molecular complexity index is 413. The summed E-state index contributed by atoms with van der Waals surface area (Å²) in [6.07, 6.45) is 4.69. The maximum absolute atomic E-state index is 12.5. The molecule has 0 atom stereocenters. The lowest BCUT2D eigenvalue weighted by atomic mass is 10.1. The average Bonchev–Trinajstić information content (AvgIpc) is 2.89. The van der Waals surface area contributed by atoms with Gasteiger partial charge < -0.3 is 4.90 Å². The minimum absolute atomic E-state index is 0.131. The smallest absolute Gasteiger partial charge is 0.254 e. The topological polar surface area (TPSA) is 20.3 Å². The zero-order valence-corrected chi connectivity index (χ0v) is 11.6. The number of nitrogens with zero attached hydrogens (tertiary/aromatic N) is 1. The summed E-state index contributed by atoms with van der Waals surface area (Å²) in [6.45, 7) is 2.66. The molecule has 1 aliphatic rings. The van der Waals surface area contributed by atoms with Crippen molar-refractivity contribution >= 4 is 17.5 Å². The highest BCUT2D eigenvalue weighted by molar-refractivity contribution is 6.18. The van der Waals surface area contributed by atoms with Crippen molar-refractivity contribution in [2.75, 3.05) is 12.4 Å². The van der Waals surface area contributed by atoms with Gasteiger partial charge in [-0.2, -0.15) is 0 Å². The van der Waals surface area contributed by atoms with Gasteiger partial charge in [0.1, 0.15) is 0 Å². The van der Waals surface area contributed by atoms with E-state index >= 15 is 0 Å². The molecular weight excluding hydrogens is 246 g/mol. The number of hydrogen-bond acceptors (Lipinski definition) is 1. The van der Waals surface area contributed by atoms with E-state index in [1.54, 1.807) is 0 Å². The molecule has 1 amide bonds. The molecule has 1 fully saturated rings. The molecule has 0 aromatic heterocycles. The molecule has 0 aliphatic heterocycles. The zero-order chi connectivity index (χ0) is 13.0. The van der Waals surface area contributed by atoms with Crippen molar-refractivity contribution in [3.05, 3.63) is 35.4 Å². The van der Waals surface area contributed by atoms with Crippen LogP contribution in [0.3, 0.4) is 0 Å². The SMILES string of the molecule is Cc1cccc(C(=O)N(CCCl)C2CCCC2)c1. The van der Waals surface area contributed by atoms with Crippen LogP contribution in [0.15, 0.2) is 24.3 Å². The molecule has 0 saturated heterocycles. The van der Waals surface area contributed by atoms with E-state index in [4.69, 9.17) is 11.6 Å². The average molecular weight is 266 g/mol. The predicted molar refractivity (Wildman–Crippen MR) is 75.2 cm³/mol. The first-order chi connectivity index (χ1) is 8.72. The van der Waals surface area contributed by atoms with Crippen molar-refractivity contribution in [1.29, 1.82) is 0 Å². The second kappa shape index (κ2) is 6.24. The Morgan fingerprint density at radius 3 is 2.72 bits per heavy atom. The van der Waals surface area contributed by atoms with Crippen molar-refractivity contribution < 1.29 is 4.79 Å². The monoisotopic (exact) mass is 265 g/mol. The molecule has 1 saturated carbocycles. The number of aryl methyl sites for hydroxylation is 1. The molecule has 1 aromatic carbocycles. The summed E-state index contributed by atoms with van der Waals surface area (Å²) >= 11 is 5.84. The summed E-state index contributed by atoms with van der Waals surface area (Å²) in [5.41, 5.74) is 1.91. The maximum Gasteiger partial charge on any atom is 0.254 e. The van der Waals surface area contributed by atoms with Gasteiger partial charge in [0, 0.05) is 24.0 Å². The van der Waals surface area contributed by atoms with Gasteiger partial charge in [-0.25, -0.2) is 0 Å². The first-order valence-electron chi connectivity index (χ1n) is 6.66. The van der Waals surface area contributed by atoms with Crippen molar-refractivity contribution in [3.63, 3.8) is 0 Å². The number of amides is 1. The lowest BCUT2D eigenvalue weighted by Crippen LogP contribution is -2.40. The van der Waals surface area contributed by atoms with Crippen molar-refractivity contribution in [1.82, 2.24) is 4.90 Å². The van der Waals surface area contributed by atoms with E-state index in [-0.39, 0.29) is 5.91 Å². The number of benzene rings is 1. The molecule has 1 aliphatic carbocycles. The van der Waals surface area contributed by atoms with Gasteiger partial charge in [0.05, 0.1) is 0 Å². The minimum Gasteiger partial charge on any atom is -0.334 e. The van der Waals surface area contributed by atoms with Crippen molar-refractivity contribution in [2.45, 2.75) is 38.6 Å². The second-order valence-electron chi connectivity index (χ2n) is 5.00. The molecule has 98 valence electrons. The van der Waals surface area contributed by atoms with E-state index in [1.165, 1.54) is 12.8 Å². The second-order valence-corrected chi connectivity index (χ2v) is 5.37. The summed E-state index contributed by atoms with van der Waals surface area (Å²) in [4.78, 5) is 14.5. The lowest BCUT2D eigenvalue weighted by Gasteiger charge is -2.28. The molecular formula is C15H20ClNO. The van der Waals surface area contributed by atoms with Crippen molar-refractivity contribution in [3.8, 4) is 0 Å². The van der Waals surface area contributed by atoms with Gasteiger partial charge in [-0.15, -0.1) is 11.6 Å². The first-order valence-corrected chi connectivity index (χ1v) is 7.19. The summed E-state index contributed by atoms with van der Waals surface area (Å²) < 4.78 is 0. The Morgan fingerprint density at radius 1 is 1.39 bits per heavy atom. The standard InChI is InChI=1S/C15H20ClNO/c1-12-5-4-6-13(11-12)15(18)17(10-9-16)14-7-2-3-8-14/h4-6,11,14H,2-3,7-10H2,1H3. The van der Waals surface area contributed by atoms with Gasteiger partial charge in [-0.3, -0.25) is 4.79 Å². The third kappa shape index (κ3) is 3.05. The Hall–Kier alpha value is -1.02. The van der Waals surface area contributed by atoms with Gasteiger partial charge in [-0.1, -0.05) is 30.5 Å². The zero-order valence-electron chi connectivity index (χ0n) is 10.9. The van der Waals surface area contributed by atoms with Gasteiger partial charge >= 0.3 is 0 Å². The molecule has 18 heavy (non-hydrogen) atoms. The van der Waals surface area contributed by atoms with E-state index < -0.39 is 0 Å². The molecule has 0 spiro atoms. The highest BCUT2D eigenvalue weighted by Crippen LogP contribution is 2.25. The van der Waals surface area contributed by atoms with Crippen LogP contribution in [0.25, 0.3) is 0 Å². The van der Waals surface area contributed by atoms with Crippen LogP contribution in [-0.2, 0) is 0 Å². The fourth-order valence-corrected chi connectivity index (χ4v) is 2.88. The highest BCUT2D eigenvalue weighted by atomic mass is 35.5. The Labute approximate surface area is 114 Å². The van der Waals surface area contributed by atoms with Crippen molar-refractivity contribution in [2.24, 2.45) is 0 Å². The summed E-state index contributed by atoms with van der Waals surface area (Å²) in [5.74, 6) is 0.639. The largest absolute Gasteiger partial charge is 0.334 e. The van der Waals surface area contributed by atoms with Crippen LogP contribution in [0.5, 0.6) is 0 Å². The number of carbonyl (C=O) groups is 1. The number of carbonyl (C=O) groups excluding carboxylic acids is 1. The van der Waals surface area contributed by atoms with Gasteiger partial charge in [0.15, 0.2) is 0 Å². The van der Waals surface area contributed by atoms with Crippen LogP contribution in [0.4, 0.5) is 0 Å². The van der Waals surface area contributed by atoms with E-state index in [1.807, 2.05) is 36.1 Å². The number of hydrogen-bond donors (Lipinski definition) is 0. The summed E-state index contributed by atoms with van der Waals surface area (Å²) in [5, 5.41) is 0. The molecule has 1 aromatic rings. The van der Waals surface area contributed by atoms with E-state index in [2.05, 4.69) is 0 Å². The fourth-order valence-electron chi connectivity index (χ4n) is 2.70. The summed E-state index contributed by atoms with van der Waals surface area (Å²) in [7, 11) is 0. The van der Waals surface area contributed by atoms with Gasteiger partial charge in [0.25, 0.3) is 5.91 Å². The first kappa shape index (κ1) is 13.4. The molecule has 0 N–H and O–H groups in total. The van der Waals surface area contributed by atoms with Crippen LogP contribution >= 0.6 is 11.6 Å². The summed E-state index contributed by atoms with van der Waals surface area (Å²) in [6, 6.07) is 8.19. The number of halogens is 1. The lowest BCUT2D eigenvalue weighted by molar-refractivity contribution is 0.0695. The predicted octanol–water partition coefficient (Wildman–Crippen LogP) is 3.62. The molecule has 0 radical (unpaired) electrons. The minimum atomic E-state index is 0.131. The van der Waals surface area contributed by atoms with E-state index in [0.717, 1.165) is 24.0 Å². The maximum atomic E-state index is 12.5. The van der Waals surface area contributed by atoms with Crippen LogP contribution in [0, 0.1) is 6.92 Å². The van der Waals surface area contributed by atoms with Crippen LogP contribution in [0.1, 0.15) is 41.6 Å². The molecule has 3 heteroatoms. The van der Waals surface area contributed by atoms with Crippen LogP contribution < -0.4 is 0 Å². The molecule has 0 heterocycles.